The predicted octanol–water partition coefficient (Wildman–Crippen LogP) is -0.0346. The number of nitrogens with zero attached hydrogens (tertiary/aromatic N) is 1. The van der Waals surface area contributed by atoms with E-state index in [1.165, 1.54) is 0 Å². The number of hydrogen-bond acceptors (Lipinski definition) is 4. The van der Waals surface area contributed by atoms with Crippen LogP contribution in [0, 0.1) is 0 Å². The molecule has 1 unspecified atom stereocenters. The lowest BCUT2D eigenvalue weighted by Gasteiger charge is -2.38. The third-order valence-corrected chi connectivity index (χ3v) is 3.61. The molecule has 2 N–H and O–H groups in total. The monoisotopic (exact) mass is 255 g/mol. The van der Waals surface area contributed by atoms with Crippen molar-refractivity contribution in [1.29, 1.82) is 0 Å². The Morgan fingerprint density at radius 3 is 3.06 bits per heavy atom. The Balaban J connectivity index is 1.64. The average molecular weight is 255 g/mol. The second kappa shape index (κ2) is 5.99. The van der Waals surface area contributed by atoms with Gasteiger partial charge < -0.3 is 15.4 Å². The third kappa shape index (κ3) is 3.93. The number of hydrogen-bond donors (Lipinski definition) is 2. The summed E-state index contributed by atoms with van der Waals surface area (Å²) in [6, 6.07) is 0.0335. The van der Waals surface area contributed by atoms with Crippen LogP contribution < -0.4 is 10.6 Å². The molecule has 0 aromatic carbocycles. The number of nitrogens with one attached hydrogen (secondary N) is 2. The number of amides is 1. The largest absolute Gasteiger partial charge is 0.373 e. The van der Waals surface area contributed by atoms with E-state index >= 15 is 0 Å². The molecule has 5 nitrogen and oxygen atoms in total. The van der Waals surface area contributed by atoms with Crippen molar-refractivity contribution in [3.8, 4) is 0 Å². The Bertz CT molecular complexity index is 288. The maximum atomic E-state index is 11.8. The van der Waals surface area contributed by atoms with Crippen molar-refractivity contribution in [2.24, 2.45) is 0 Å². The maximum absolute atomic E-state index is 11.8. The van der Waals surface area contributed by atoms with Crippen LogP contribution in [0.2, 0.25) is 0 Å². The highest BCUT2D eigenvalue weighted by Gasteiger charge is 2.27. The smallest absolute Gasteiger partial charge is 0.237 e. The summed E-state index contributed by atoms with van der Waals surface area (Å²) < 4.78 is 5.67. The number of carbonyl (C=O) groups is 1. The fourth-order valence-electron chi connectivity index (χ4n) is 2.67. The summed E-state index contributed by atoms with van der Waals surface area (Å²) in [5.41, 5.74) is -0.0603. The van der Waals surface area contributed by atoms with Crippen LogP contribution >= 0.6 is 0 Å². The van der Waals surface area contributed by atoms with E-state index in [0.29, 0.717) is 0 Å². The molecule has 0 aliphatic carbocycles. The molecular formula is C13H25N3O2. The molecule has 104 valence electrons. The molecule has 2 heterocycles. The van der Waals surface area contributed by atoms with Gasteiger partial charge in [0.05, 0.1) is 18.2 Å². The van der Waals surface area contributed by atoms with Crippen LogP contribution in [-0.4, -0.2) is 61.8 Å². The van der Waals surface area contributed by atoms with E-state index in [1.807, 2.05) is 0 Å². The van der Waals surface area contributed by atoms with Gasteiger partial charge in [-0.2, -0.15) is 0 Å². The van der Waals surface area contributed by atoms with Gasteiger partial charge in [-0.3, -0.25) is 9.69 Å². The molecule has 2 fully saturated rings. The van der Waals surface area contributed by atoms with Crippen LogP contribution in [0.1, 0.15) is 26.7 Å². The normalized spacial score (nSPS) is 28.2. The Morgan fingerprint density at radius 1 is 1.56 bits per heavy atom. The minimum absolute atomic E-state index is 0.0335. The fraction of sp³-hybridized carbons (Fsp3) is 0.923. The van der Waals surface area contributed by atoms with Crippen LogP contribution in [0.4, 0.5) is 0 Å². The Labute approximate surface area is 109 Å². The van der Waals surface area contributed by atoms with Gasteiger partial charge in [0.2, 0.25) is 5.91 Å². The number of ether oxygens (including phenoxy) is 1. The van der Waals surface area contributed by atoms with E-state index in [-0.39, 0.29) is 17.6 Å². The number of morpholine rings is 1. The van der Waals surface area contributed by atoms with Crippen molar-refractivity contribution in [3.05, 3.63) is 0 Å². The summed E-state index contributed by atoms with van der Waals surface area (Å²) in [4.78, 5) is 14.2. The molecule has 0 radical (unpaired) electrons. The van der Waals surface area contributed by atoms with Gasteiger partial charge >= 0.3 is 0 Å². The van der Waals surface area contributed by atoms with Gasteiger partial charge in [0.15, 0.2) is 0 Å². The molecule has 0 saturated carbocycles. The zero-order valence-corrected chi connectivity index (χ0v) is 11.5. The Morgan fingerprint density at radius 2 is 2.39 bits per heavy atom. The van der Waals surface area contributed by atoms with Gasteiger partial charge in [-0.15, -0.1) is 0 Å². The zero-order chi connectivity index (χ0) is 13.0. The summed E-state index contributed by atoms with van der Waals surface area (Å²) >= 11 is 0. The SMILES string of the molecule is CC1(C)CN(CCNC(=O)C2CCCN2)CCO1. The van der Waals surface area contributed by atoms with E-state index < -0.39 is 0 Å². The minimum Gasteiger partial charge on any atom is -0.373 e. The van der Waals surface area contributed by atoms with Crippen molar-refractivity contribution in [2.45, 2.75) is 38.3 Å². The van der Waals surface area contributed by atoms with E-state index in [0.717, 1.165) is 52.2 Å². The molecule has 0 aromatic rings. The molecule has 1 atom stereocenters. The topological polar surface area (TPSA) is 53.6 Å². The molecule has 5 heteroatoms. The summed E-state index contributed by atoms with van der Waals surface area (Å²) in [6.45, 7) is 9.51. The maximum Gasteiger partial charge on any atom is 0.237 e. The first kappa shape index (κ1) is 13.8. The van der Waals surface area contributed by atoms with Crippen molar-refractivity contribution >= 4 is 5.91 Å². The van der Waals surface area contributed by atoms with Crippen LogP contribution in [0.3, 0.4) is 0 Å². The second-order valence-electron chi connectivity index (χ2n) is 5.82. The van der Waals surface area contributed by atoms with E-state index in [2.05, 4.69) is 29.4 Å². The minimum atomic E-state index is -0.0603. The lowest BCUT2D eigenvalue weighted by atomic mass is 10.1. The molecular weight excluding hydrogens is 230 g/mol. The fourth-order valence-corrected chi connectivity index (χ4v) is 2.67. The molecule has 1 amide bonds. The van der Waals surface area contributed by atoms with Crippen molar-refractivity contribution in [2.75, 3.05) is 39.3 Å². The average Bonchev–Trinajstić information content (AvgIpc) is 2.81. The van der Waals surface area contributed by atoms with Crippen LogP contribution in [0.25, 0.3) is 0 Å². The van der Waals surface area contributed by atoms with Crippen molar-refractivity contribution in [1.82, 2.24) is 15.5 Å². The van der Waals surface area contributed by atoms with Gasteiger partial charge in [-0.05, 0) is 33.2 Å². The Hall–Kier alpha value is -0.650. The molecule has 18 heavy (non-hydrogen) atoms. The molecule has 2 rings (SSSR count). The van der Waals surface area contributed by atoms with Gasteiger partial charge in [0.25, 0.3) is 0 Å². The summed E-state index contributed by atoms with van der Waals surface area (Å²) in [7, 11) is 0. The van der Waals surface area contributed by atoms with E-state index in [4.69, 9.17) is 4.74 Å². The second-order valence-corrected chi connectivity index (χ2v) is 5.82. The first-order chi connectivity index (χ1) is 8.57. The molecule has 0 spiro atoms. The molecule has 2 aliphatic rings. The highest BCUT2D eigenvalue weighted by molar-refractivity contribution is 5.81. The summed E-state index contributed by atoms with van der Waals surface area (Å²) in [5.74, 6) is 0.153. The number of carbonyl (C=O) groups excluding carboxylic acids is 1. The van der Waals surface area contributed by atoms with Gasteiger partial charge in [-0.1, -0.05) is 0 Å². The Kier molecular flexibility index (Phi) is 4.59. The highest BCUT2D eigenvalue weighted by atomic mass is 16.5. The summed E-state index contributed by atoms with van der Waals surface area (Å²) in [5, 5.41) is 6.23. The standard InChI is InChI=1S/C13H25N3O2/c1-13(2)10-16(8-9-18-13)7-6-15-12(17)11-4-3-5-14-11/h11,14H,3-10H2,1-2H3,(H,15,17). The molecule has 2 aliphatic heterocycles. The zero-order valence-electron chi connectivity index (χ0n) is 11.5. The van der Waals surface area contributed by atoms with Crippen LogP contribution in [0.5, 0.6) is 0 Å². The summed E-state index contributed by atoms with van der Waals surface area (Å²) in [6.07, 6.45) is 2.08. The first-order valence-electron chi connectivity index (χ1n) is 6.94. The lowest BCUT2D eigenvalue weighted by molar-refractivity contribution is -0.123. The molecule has 2 saturated heterocycles. The highest BCUT2D eigenvalue weighted by Crippen LogP contribution is 2.15. The first-order valence-corrected chi connectivity index (χ1v) is 6.94. The quantitative estimate of drug-likeness (QED) is 0.740. The van der Waals surface area contributed by atoms with Crippen molar-refractivity contribution in [3.63, 3.8) is 0 Å². The van der Waals surface area contributed by atoms with Crippen LogP contribution in [-0.2, 0) is 9.53 Å². The van der Waals surface area contributed by atoms with Crippen molar-refractivity contribution < 1.29 is 9.53 Å². The van der Waals surface area contributed by atoms with Crippen LogP contribution in [0.15, 0.2) is 0 Å². The van der Waals surface area contributed by atoms with E-state index in [9.17, 15) is 4.79 Å². The van der Waals surface area contributed by atoms with Gasteiger partial charge in [0, 0.05) is 26.2 Å². The molecule has 0 bridgehead atoms. The van der Waals surface area contributed by atoms with E-state index in [1.54, 1.807) is 0 Å². The van der Waals surface area contributed by atoms with Gasteiger partial charge in [-0.25, -0.2) is 0 Å². The number of rotatable bonds is 4. The predicted molar refractivity (Wildman–Crippen MR) is 70.5 cm³/mol. The van der Waals surface area contributed by atoms with Gasteiger partial charge in [0.1, 0.15) is 0 Å². The lowest BCUT2D eigenvalue weighted by Crippen LogP contribution is -2.51. The third-order valence-electron chi connectivity index (χ3n) is 3.61. The molecule has 0 aromatic heterocycles.